The van der Waals surface area contributed by atoms with Crippen molar-refractivity contribution in [3.05, 3.63) is 59.7 Å². The molecule has 2 aromatic carbocycles. The summed E-state index contributed by atoms with van der Waals surface area (Å²) in [5.74, 6) is 3.65. The summed E-state index contributed by atoms with van der Waals surface area (Å²) in [7, 11) is 0. The van der Waals surface area contributed by atoms with E-state index in [-0.39, 0.29) is 5.97 Å². The Morgan fingerprint density at radius 2 is 1.47 bits per heavy atom. The van der Waals surface area contributed by atoms with E-state index < -0.39 is 0 Å². The lowest BCUT2D eigenvalue weighted by molar-refractivity contribution is 0.0734. The molecule has 0 aromatic heterocycles. The predicted octanol–water partition coefficient (Wildman–Crippen LogP) is 9.43. The summed E-state index contributed by atoms with van der Waals surface area (Å²) >= 11 is 0. The van der Waals surface area contributed by atoms with Gasteiger partial charge in [0.15, 0.2) is 0 Å². The minimum Gasteiger partial charge on any atom is -0.494 e. The lowest BCUT2D eigenvalue weighted by Crippen LogP contribution is -2.15. The fraction of sp³-hybridized carbons (Fsp3) is 0.606. The molecular formula is C33H48O3. The van der Waals surface area contributed by atoms with Crippen LogP contribution in [0.5, 0.6) is 11.5 Å². The number of esters is 1. The van der Waals surface area contributed by atoms with Crippen molar-refractivity contribution in [2.24, 2.45) is 17.8 Å². The minimum atomic E-state index is -0.332. The number of ether oxygens (including phenoxy) is 2. The number of carbonyl (C=O) groups excluding carboxylic acids is 1. The zero-order chi connectivity index (χ0) is 25.6. The number of carbonyl (C=O) groups is 1. The van der Waals surface area contributed by atoms with Crippen molar-refractivity contribution in [1.82, 2.24) is 0 Å². The molecule has 2 aromatic rings. The molecule has 0 radical (unpaired) electrons. The standard InChI is InChI=1S/C33H48O3/c1-4-6-7-10-27-11-13-28(14-12-27)15-16-29-17-21-32(22-18-29)36-33(34)30-19-23-31(24-20-30)35-25-8-9-26(3)5-2/h17-24,26-28H,4-16,25H2,1-3H3/t26-,27?,28?/m0/s1. The van der Waals surface area contributed by atoms with Gasteiger partial charge in [0, 0.05) is 0 Å². The van der Waals surface area contributed by atoms with E-state index in [2.05, 4.69) is 32.9 Å². The summed E-state index contributed by atoms with van der Waals surface area (Å²) in [6.07, 6.45) is 17.0. The molecule has 0 spiro atoms. The first-order valence-corrected chi connectivity index (χ1v) is 14.6. The Morgan fingerprint density at radius 3 is 2.11 bits per heavy atom. The minimum absolute atomic E-state index is 0.332. The third-order valence-corrected chi connectivity index (χ3v) is 8.05. The van der Waals surface area contributed by atoms with Crippen molar-refractivity contribution in [2.45, 2.75) is 104 Å². The fourth-order valence-electron chi connectivity index (χ4n) is 5.27. The van der Waals surface area contributed by atoms with Gasteiger partial charge >= 0.3 is 5.97 Å². The van der Waals surface area contributed by atoms with Gasteiger partial charge < -0.3 is 9.47 Å². The third kappa shape index (κ3) is 9.99. The third-order valence-electron chi connectivity index (χ3n) is 8.05. The average Bonchev–Trinajstić information content (AvgIpc) is 2.91. The van der Waals surface area contributed by atoms with Crippen molar-refractivity contribution in [1.29, 1.82) is 0 Å². The summed E-state index contributed by atoms with van der Waals surface area (Å²) < 4.78 is 11.4. The Morgan fingerprint density at radius 1 is 0.833 bits per heavy atom. The fourth-order valence-corrected chi connectivity index (χ4v) is 5.27. The van der Waals surface area contributed by atoms with Gasteiger partial charge in [-0.3, -0.25) is 0 Å². The Bertz CT molecular complexity index is 863. The Balaban J connectivity index is 1.35. The number of unbranched alkanes of at least 4 members (excludes halogenated alkanes) is 2. The van der Waals surface area contributed by atoms with Crippen LogP contribution in [0.2, 0.25) is 0 Å². The highest BCUT2D eigenvalue weighted by Gasteiger charge is 2.20. The van der Waals surface area contributed by atoms with Crippen molar-refractivity contribution >= 4 is 5.97 Å². The highest BCUT2D eigenvalue weighted by molar-refractivity contribution is 5.91. The van der Waals surface area contributed by atoms with E-state index in [4.69, 9.17) is 9.47 Å². The zero-order valence-corrected chi connectivity index (χ0v) is 23.0. The SMILES string of the molecule is CCCCCC1CCC(CCc2ccc(OC(=O)c3ccc(OCCC[C@@H](C)CC)cc3)cc2)CC1. The van der Waals surface area contributed by atoms with Crippen LogP contribution < -0.4 is 9.47 Å². The van der Waals surface area contributed by atoms with Crippen LogP contribution in [-0.4, -0.2) is 12.6 Å². The number of benzene rings is 2. The van der Waals surface area contributed by atoms with E-state index in [9.17, 15) is 4.79 Å². The second kappa shape index (κ2) is 15.7. The van der Waals surface area contributed by atoms with E-state index in [1.54, 1.807) is 12.1 Å². The molecule has 0 bridgehead atoms. The normalized spacial score (nSPS) is 18.5. The molecule has 198 valence electrons. The van der Waals surface area contributed by atoms with Gasteiger partial charge in [-0.05, 0) is 85.4 Å². The van der Waals surface area contributed by atoms with Gasteiger partial charge in [-0.1, -0.05) is 90.7 Å². The van der Waals surface area contributed by atoms with Crippen molar-refractivity contribution in [3.63, 3.8) is 0 Å². The summed E-state index contributed by atoms with van der Waals surface area (Å²) in [5, 5.41) is 0. The zero-order valence-electron chi connectivity index (χ0n) is 23.0. The van der Waals surface area contributed by atoms with Gasteiger partial charge in [0.05, 0.1) is 12.2 Å². The highest BCUT2D eigenvalue weighted by Crippen LogP contribution is 2.34. The molecule has 0 N–H and O–H groups in total. The molecule has 1 atom stereocenters. The smallest absolute Gasteiger partial charge is 0.343 e. The first-order valence-electron chi connectivity index (χ1n) is 14.6. The Labute approximate surface area is 220 Å². The quantitative estimate of drug-likeness (QED) is 0.141. The van der Waals surface area contributed by atoms with E-state index in [0.29, 0.717) is 17.9 Å². The molecule has 1 aliphatic carbocycles. The number of rotatable bonds is 15. The number of hydrogen-bond donors (Lipinski definition) is 0. The molecule has 0 heterocycles. The van der Waals surface area contributed by atoms with E-state index in [1.165, 1.54) is 76.2 Å². The van der Waals surface area contributed by atoms with Gasteiger partial charge in [0.2, 0.25) is 0 Å². The van der Waals surface area contributed by atoms with Gasteiger partial charge in [0.25, 0.3) is 0 Å². The maximum absolute atomic E-state index is 12.6. The molecule has 0 saturated heterocycles. The van der Waals surface area contributed by atoms with Crippen molar-refractivity contribution < 1.29 is 14.3 Å². The number of hydrogen-bond acceptors (Lipinski definition) is 3. The molecule has 3 heteroatoms. The van der Waals surface area contributed by atoms with Crippen molar-refractivity contribution in [2.75, 3.05) is 6.61 Å². The summed E-state index contributed by atoms with van der Waals surface area (Å²) in [4.78, 5) is 12.6. The van der Waals surface area contributed by atoms with Crippen LogP contribution in [0.25, 0.3) is 0 Å². The lowest BCUT2D eigenvalue weighted by atomic mass is 9.78. The molecule has 0 amide bonds. The van der Waals surface area contributed by atoms with Crippen LogP contribution >= 0.6 is 0 Å². The first kappa shape index (κ1) is 28.3. The maximum atomic E-state index is 12.6. The topological polar surface area (TPSA) is 35.5 Å². The van der Waals surface area contributed by atoms with Gasteiger partial charge in [-0.15, -0.1) is 0 Å². The second-order valence-corrected chi connectivity index (χ2v) is 11.0. The van der Waals surface area contributed by atoms with Crippen LogP contribution in [0.4, 0.5) is 0 Å². The summed E-state index contributed by atoms with van der Waals surface area (Å²) in [5.41, 5.74) is 1.87. The molecule has 3 rings (SSSR count). The molecule has 1 saturated carbocycles. The van der Waals surface area contributed by atoms with Crippen molar-refractivity contribution in [3.8, 4) is 11.5 Å². The molecule has 36 heavy (non-hydrogen) atoms. The van der Waals surface area contributed by atoms with E-state index >= 15 is 0 Å². The summed E-state index contributed by atoms with van der Waals surface area (Å²) in [6, 6.07) is 15.3. The second-order valence-electron chi connectivity index (χ2n) is 11.0. The van der Waals surface area contributed by atoms with Crippen LogP contribution in [0.1, 0.15) is 114 Å². The molecule has 0 unspecified atom stereocenters. The molecule has 3 nitrogen and oxygen atoms in total. The van der Waals surface area contributed by atoms with Crippen LogP contribution in [-0.2, 0) is 6.42 Å². The highest BCUT2D eigenvalue weighted by atomic mass is 16.5. The molecule has 0 aliphatic heterocycles. The number of aryl methyl sites for hydroxylation is 1. The van der Waals surface area contributed by atoms with E-state index in [0.717, 1.165) is 36.3 Å². The van der Waals surface area contributed by atoms with Crippen LogP contribution in [0, 0.1) is 17.8 Å². The first-order chi connectivity index (χ1) is 17.6. The summed E-state index contributed by atoms with van der Waals surface area (Å²) in [6.45, 7) is 7.49. The maximum Gasteiger partial charge on any atom is 0.343 e. The molecule has 1 aliphatic rings. The van der Waals surface area contributed by atoms with Crippen LogP contribution in [0.3, 0.4) is 0 Å². The Kier molecular flexibility index (Phi) is 12.4. The van der Waals surface area contributed by atoms with Gasteiger partial charge in [0.1, 0.15) is 11.5 Å². The molecular weight excluding hydrogens is 444 g/mol. The predicted molar refractivity (Wildman–Crippen MR) is 150 cm³/mol. The largest absolute Gasteiger partial charge is 0.494 e. The van der Waals surface area contributed by atoms with E-state index in [1.807, 2.05) is 24.3 Å². The van der Waals surface area contributed by atoms with Crippen LogP contribution in [0.15, 0.2) is 48.5 Å². The van der Waals surface area contributed by atoms with Gasteiger partial charge in [-0.2, -0.15) is 0 Å². The molecule has 1 fully saturated rings. The monoisotopic (exact) mass is 492 g/mol. The lowest BCUT2D eigenvalue weighted by Gasteiger charge is -2.28. The Hall–Kier alpha value is -2.29. The average molecular weight is 493 g/mol. The van der Waals surface area contributed by atoms with Gasteiger partial charge in [-0.25, -0.2) is 4.79 Å².